The van der Waals surface area contributed by atoms with Crippen LogP contribution in [0.5, 0.6) is 17.2 Å². The summed E-state index contributed by atoms with van der Waals surface area (Å²) in [5.74, 6) is 1.33. The molecule has 1 aliphatic rings. The molecule has 0 amide bonds. The lowest BCUT2D eigenvalue weighted by atomic mass is 9.94. The van der Waals surface area contributed by atoms with Crippen molar-refractivity contribution in [1.29, 1.82) is 0 Å². The molecule has 0 bridgehead atoms. The molecule has 0 saturated heterocycles. The zero-order chi connectivity index (χ0) is 21.7. The molecular weight excluding hydrogens is 390 g/mol. The van der Waals surface area contributed by atoms with E-state index in [0.29, 0.717) is 46.6 Å². The Morgan fingerprint density at radius 2 is 1.90 bits per heavy atom. The van der Waals surface area contributed by atoms with Crippen molar-refractivity contribution in [3.05, 3.63) is 29.0 Å². The predicted molar refractivity (Wildman–Crippen MR) is 109 cm³/mol. The molecule has 1 aliphatic heterocycles. The number of rotatable bonds is 9. The highest BCUT2D eigenvalue weighted by molar-refractivity contribution is 5.92. The lowest BCUT2D eigenvalue weighted by molar-refractivity contribution is -0.139. The van der Waals surface area contributed by atoms with Crippen molar-refractivity contribution in [2.45, 2.75) is 39.2 Å². The van der Waals surface area contributed by atoms with E-state index < -0.39 is 12.0 Å². The van der Waals surface area contributed by atoms with Gasteiger partial charge in [-0.1, -0.05) is 24.9 Å². The van der Waals surface area contributed by atoms with E-state index in [0.717, 1.165) is 19.3 Å². The molecule has 2 heterocycles. The number of ether oxygens (including phenoxy) is 4. The monoisotopic (exact) mass is 417 g/mol. The molecule has 2 aromatic rings. The topological polar surface area (TPSA) is 110 Å². The number of hydrogen-bond donors (Lipinski definition) is 1. The van der Waals surface area contributed by atoms with Crippen LogP contribution in [0.1, 0.15) is 44.7 Å². The number of nitrogens with one attached hydrogen (secondary N) is 1. The normalized spacial score (nSPS) is 15.3. The van der Waals surface area contributed by atoms with Gasteiger partial charge in [0.25, 0.3) is 0 Å². The van der Waals surface area contributed by atoms with Crippen molar-refractivity contribution >= 4 is 11.9 Å². The molecule has 0 radical (unpaired) electrons. The van der Waals surface area contributed by atoms with Crippen LogP contribution in [0.15, 0.2) is 23.4 Å². The highest BCUT2D eigenvalue weighted by Gasteiger charge is 2.37. The second kappa shape index (κ2) is 9.47. The Bertz CT molecular complexity index is 940. The molecule has 10 nitrogen and oxygen atoms in total. The van der Waals surface area contributed by atoms with Crippen LogP contribution >= 0.6 is 0 Å². The standard InChI is InChI=1S/C20H27N5O5/c1-6-7-8-11-30-19(26)15-12(2)21-20-22-23-24-25(20)16(15)13-9-10-14(27-3)18(29-5)17(13)28-4/h9-10,16H,6-8,11H2,1-5H3,(H,21,22,24)/t16-/m1/s1. The molecule has 162 valence electrons. The fourth-order valence-corrected chi connectivity index (χ4v) is 3.50. The Morgan fingerprint density at radius 3 is 2.57 bits per heavy atom. The van der Waals surface area contributed by atoms with Crippen LogP contribution in [-0.4, -0.2) is 54.1 Å². The lowest BCUT2D eigenvalue weighted by Crippen LogP contribution is -2.30. The van der Waals surface area contributed by atoms with E-state index in [1.54, 1.807) is 26.2 Å². The maximum Gasteiger partial charge on any atom is 0.338 e. The summed E-state index contributed by atoms with van der Waals surface area (Å²) in [5.41, 5.74) is 1.65. The van der Waals surface area contributed by atoms with Gasteiger partial charge >= 0.3 is 5.97 Å². The summed E-state index contributed by atoms with van der Waals surface area (Å²) in [6.45, 7) is 4.24. The molecule has 30 heavy (non-hydrogen) atoms. The third-order valence-corrected chi connectivity index (χ3v) is 4.94. The minimum atomic E-state index is -0.662. The fourth-order valence-electron chi connectivity index (χ4n) is 3.50. The molecular formula is C20H27N5O5. The van der Waals surface area contributed by atoms with E-state index in [2.05, 4.69) is 27.8 Å². The summed E-state index contributed by atoms with van der Waals surface area (Å²) < 4.78 is 23.6. The SMILES string of the molecule is CCCCCOC(=O)C1=C(C)Nc2nnnn2[C@@H]1c1ccc(OC)c(OC)c1OC. The van der Waals surface area contributed by atoms with Crippen LogP contribution in [-0.2, 0) is 9.53 Å². The average Bonchev–Trinajstić information content (AvgIpc) is 3.22. The van der Waals surface area contributed by atoms with Crippen molar-refractivity contribution < 1.29 is 23.7 Å². The minimum absolute atomic E-state index is 0.349. The summed E-state index contributed by atoms with van der Waals surface area (Å²) in [6.07, 6.45) is 2.84. The van der Waals surface area contributed by atoms with Gasteiger partial charge in [-0.15, -0.1) is 0 Å². The van der Waals surface area contributed by atoms with Crippen LogP contribution < -0.4 is 19.5 Å². The summed E-state index contributed by atoms with van der Waals surface area (Å²) in [6, 6.07) is 2.89. The van der Waals surface area contributed by atoms with Gasteiger partial charge in [0.15, 0.2) is 11.5 Å². The molecule has 1 aromatic heterocycles. The van der Waals surface area contributed by atoms with E-state index in [1.165, 1.54) is 18.9 Å². The average molecular weight is 417 g/mol. The van der Waals surface area contributed by atoms with Gasteiger partial charge in [-0.2, -0.15) is 4.68 Å². The van der Waals surface area contributed by atoms with Gasteiger partial charge in [0.2, 0.25) is 11.7 Å². The summed E-state index contributed by atoms with van der Waals surface area (Å²) in [7, 11) is 4.60. The van der Waals surface area contributed by atoms with Gasteiger partial charge < -0.3 is 24.3 Å². The highest BCUT2D eigenvalue weighted by atomic mass is 16.5. The molecule has 1 aromatic carbocycles. The summed E-state index contributed by atoms with van der Waals surface area (Å²) in [4.78, 5) is 13.1. The third kappa shape index (κ3) is 3.89. The molecule has 0 unspecified atom stereocenters. The number of unbranched alkanes of at least 4 members (excludes halogenated alkanes) is 2. The zero-order valence-electron chi connectivity index (χ0n) is 17.9. The second-order valence-electron chi connectivity index (χ2n) is 6.78. The molecule has 0 saturated carbocycles. The van der Waals surface area contributed by atoms with E-state index in [-0.39, 0.29) is 0 Å². The molecule has 0 aliphatic carbocycles. The number of nitrogens with zero attached hydrogens (tertiary/aromatic N) is 4. The van der Waals surface area contributed by atoms with Gasteiger partial charge in [-0.05, 0) is 35.9 Å². The van der Waals surface area contributed by atoms with Crippen LogP contribution in [0.4, 0.5) is 5.95 Å². The van der Waals surface area contributed by atoms with Crippen LogP contribution in [0, 0.1) is 0 Å². The van der Waals surface area contributed by atoms with E-state index in [4.69, 9.17) is 18.9 Å². The number of aromatic nitrogens is 4. The number of benzene rings is 1. The Morgan fingerprint density at radius 1 is 1.13 bits per heavy atom. The maximum absolute atomic E-state index is 13.1. The van der Waals surface area contributed by atoms with Crippen molar-refractivity contribution in [3.63, 3.8) is 0 Å². The molecule has 10 heteroatoms. The summed E-state index contributed by atoms with van der Waals surface area (Å²) >= 11 is 0. The van der Waals surface area contributed by atoms with Gasteiger partial charge in [0.05, 0.1) is 33.5 Å². The Balaban J connectivity index is 2.09. The fraction of sp³-hybridized carbons (Fsp3) is 0.500. The van der Waals surface area contributed by atoms with Crippen LogP contribution in [0.2, 0.25) is 0 Å². The lowest BCUT2D eigenvalue weighted by Gasteiger charge is -2.29. The first-order valence-corrected chi connectivity index (χ1v) is 9.78. The molecule has 3 rings (SSSR count). The van der Waals surface area contributed by atoms with Crippen LogP contribution in [0.3, 0.4) is 0 Å². The number of hydrogen-bond acceptors (Lipinski definition) is 9. The molecule has 1 atom stereocenters. The van der Waals surface area contributed by atoms with E-state index >= 15 is 0 Å². The highest BCUT2D eigenvalue weighted by Crippen LogP contribution is 2.46. The van der Waals surface area contributed by atoms with E-state index in [9.17, 15) is 4.79 Å². The quantitative estimate of drug-likeness (QED) is 0.486. The number of carbonyl (C=O) groups is 1. The molecule has 1 N–H and O–H groups in total. The largest absolute Gasteiger partial charge is 0.493 e. The number of anilines is 1. The van der Waals surface area contributed by atoms with Gasteiger partial charge in [-0.25, -0.2) is 4.79 Å². The third-order valence-electron chi connectivity index (χ3n) is 4.94. The van der Waals surface area contributed by atoms with Gasteiger partial charge in [0, 0.05) is 11.3 Å². The number of tetrazole rings is 1. The van der Waals surface area contributed by atoms with Crippen molar-refractivity contribution in [1.82, 2.24) is 20.2 Å². The van der Waals surface area contributed by atoms with Gasteiger partial charge in [-0.3, -0.25) is 0 Å². The first-order chi connectivity index (χ1) is 14.6. The molecule has 0 fully saturated rings. The predicted octanol–water partition coefficient (Wildman–Crippen LogP) is 2.72. The Kier molecular flexibility index (Phi) is 6.76. The maximum atomic E-state index is 13.1. The van der Waals surface area contributed by atoms with Crippen molar-refractivity contribution in [3.8, 4) is 17.2 Å². The first-order valence-electron chi connectivity index (χ1n) is 9.78. The first kappa shape index (κ1) is 21.4. The number of esters is 1. The Hall–Kier alpha value is -3.30. The number of methoxy groups -OCH3 is 3. The number of allylic oxidation sites excluding steroid dienone is 1. The van der Waals surface area contributed by atoms with Crippen LogP contribution in [0.25, 0.3) is 0 Å². The van der Waals surface area contributed by atoms with Gasteiger partial charge in [0.1, 0.15) is 6.04 Å². The van der Waals surface area contributed by atoms with E-state index in [1.807, 2.05) is 0 Å². The number of carbonyl (C=O) groups excluding carboxylic acids is 1. The zero-order valence-corrected chi connectivity index (χ0v) is 17.9. The number of fused-ring (bicyclic) bond motifs is 1. The summed E-state index contributed by atoms with van der Waals surface area (Å²) in [5, 5.41) is 14.9. The Labute approximate surface area is 175 Å². The second-order valence-corrected chi connectivity index (χ2v) is 6.78. The van der Waals surface area contributed by atoms with Crippen molar-refractivity contribution in [2.75, 3.05) is 33.3 Å². The van der Waals surface area contributed by atoms with Crippen molar-refractivity contribution in [2.24, 2.45) is 0 Å². The molecule has 0 spiro atoms. The minimum Gasteiger partial charge on any atom is -0.493 e. The smallest absolute Gasteiger partial charge is 0.338 e.